The maximum atomic E-state index is 11.4. The van der Waals surface area contributed by atoms with E-state index >= 15 is 0 Å². The van der Waals surface area contributed by atoms with Crippen LogP contribution < -0.4 is 5.32 Å². The van der Waals surface area contributed by atoms with Crippen molar-refractivity contribution in [2.45, 2.75) is 38.1 Å². The standard InChI is InChI=1S/C10H17NO2/c12-10(11-9-3-4-9)6-8-2-1-5-13-7-8/h8-9H,1-7H2,(H,11,12). The molecule has 13 heavy (non-hydrogen) atoms. The van der Waals surface area contributed by atoms with Gasteiger partial charge in [-0.05, 0) is 31.6 Å². The van der Waals surface area contributed by atoms with Gasteiger partial charge in [-0.1, -0.05) is 0 Å². The monoisotopic (exact) mass is 183 g/mol. The first-order valence-electron chi connectivity index (χ1n) is 5.21. The molecule has 0 aromatic heterocycles. The number of carbonyl (C=O) groups is 1. The van der Waals surface area contributed by atoms with E-state index in [1.807, 2.05) is 0 Å². The molecule has 2 fully saturated rings. The van der Waals surface area contributed by atoms with Gasteiger partial charge >= 0.3 is 0 Å². The molecule has 0 aromatic carbocycles. The number of ether oxygens (including phenoxy) is 1. The number of nitrogens with one attached hydrogen (secondary N) is 1. The van der Waals surface area contributed by atoms with E-state index in [1.54, 1.807) is 0 Å². The van der Waals surface area contributed by atoms with Crippen LogP contribution in [0.15, 0.2) is 0 Å². The first kappa shape index (κ1) is 9.00. The summed E-state index contributed by atoms with van der Waals surface area (Å²) in [6, 6.07) is 0.497. The van der Waals surface area contributed by atoms with Gasteiger partial charge < -0.3 is 10.1 Å². The van der Waals surface area contributed by atoms with Crippen LogP contribution in [0, 0.1) is 5.92 Å². The van der Waals surface area contributed by atoms with Gasteiger partial charge in [0.15, 0.2) is 0 Å². The topological polar surface area (TPSA) is 38.3 Å². The molecule has 0 bridgehead atoms. The molecule has 0 aromatic rings. The van der Waals surface area contributed by atoms with Gasteiger partial charge in [0.05, 0.1) is 0 Å². The van der Waals surface area contributed by atoms with Crippen LogP contribution in [0.3, 0.4) is 0 Å². The minimum absolute atomic E-state index is 0.220. The molecule has 1 heterocycles. The van der Waals surface area contributed by atoms with Crippen LogP contribution in [0.1, 0.15) is 32.1 Å². The largest absolute Gasteiger partial charge is 0.381 e. The number of amides is 1. The molecule has 3 heteroatoms. The maximum absolute atomic E-state index is 11.4. The Morgan fingerprint density at radius 3 is 2.85 bits per heavy atom. The summed E-state index contributed by atoms with van der Waals surface area (Å²) >= 11 is 0. The number of hydrogen-bond donors (Lipinski definition) is 1. The van der Waals surface area contributed by atoms with Crippen molar-refractivity contribution < 1.29 is 9.53 Å². The zero-order valence-electron chi connectivity index (χ0n) is 7.92. The van der Waals surface area contributed by atoms with E-state index in [9.17, 15) is 4.79 Å². The molecule has 3 nitrogen and oxygen atoms in total. The number of carbonyl (C=O) groups excluding carboxylic acids is 1. The second kappa shape index (κ2) is 4.09. The number of rotatable bonds is 3. The van der Waals surface area contributed by atoms with Gasteiger partial charge in [-0.2, -0.15) is 0 Å². The summed E-state index contributed by atoms with van der Waals surface area (Å²) in [5.41, 5.74) is 0. The molecule has 1 amide bonds. The van der Waals surface area contributed by atoms with Gasteiger partial charge in [0, 0.05) is 25.7 Å². The van der Waals surface area contributed by atoms with E-state index in [0.717, 1.165) is 26.1 Å². The summed E-state index contributed by atoms with van der Waals surface area (Å²) in [5, 5.41) is 3.01. The third-order valence-corrected chi connectivity index (χ3v) is 2.67. The van der Waals surface area contributed by atoms with Crippen LogP contribution in [0.2, 0.25) is 0 Å². The van der Waals surface area contributed by atoms with Crippen molar-refractivity contribution in [3.8, 4) is 0 Å². The van der Waals surface area contributed by atoms with Gasteiger partial charge in [0.2, 0.25) is 5.91 Å². The summed E-state index contributed by atoms with van der Waals surface area (Å²) in [6.45, 7) is 1.65. The summed E-state index contributed by atoms with van der Waals surface area (Å²) in [7, 11) is 0. The minimum Gasteiger partial charge on any atom is -0.381 e. The Balaban J connectivity index is 1.66. The molecule has 1 aliphatic carbocycles. The molecule has 1 unspecified atom stereocenters. The van der Waals surface area contributed by atoms with Gasteiger partial charge in [0.1, 0.15) is 0 Å². The molecule has 2 aliphatic rings. The lowest BCUT2D eigenvalue weighted by Crippen LogP contribution is -2.30. The van der Waals surface area contributed by atoms with E-state index in [0.29, 0.717) is 18.4 Å². The fraction of sp³-hybridized carbons (Fsp3) is 0.900. The van der Waals surface area contributed by atoms with Crippen molar-refractivity contribution in [3.05, 3.63) is 0 Å². The van der Waals surface area contributed by atoms with Crippen LogP contribution in [0.25, 0.3) is 0 Å². The maximum Gasteiger partial charge on any atom is 0.220 e. The lowest BCUT2D eigenvalue weighted by atomic mass is 9.98. The van der Waals surface area contributed by atoms with Crippen LogP contribution >= 0.6 is 0 Å². The van der Waals surface area contributed by atoms with Crippen LogP contribution in [0.5, 0.6) is 0 Å². The number of hydrogen-bond acceptors (Lipinski definition) is 2. The van der Waals surface area contributed by atoms with E-state index in [1.165, 1.54) is 12.8 Å². The van der Waals surface area contributed by atoms with Crippen molar-refractivity contribution in [1.82, 2.24) is 5.32 Å². The Hall–Kier alpha value is -0.570. The van der Waals surface area contributed by atoms with Crippen molar-refractivity contribution in [1.29, 1.82) is 0 Å². The van der Waals surface area contributed by atoms with Crippen LogP contribution in [-0.4, -0.2) is 25.2 Å². The van der Waals surface area contributed by atoms with Crippen LogP contribution in [-0.2, 0) is 9.53 Å². The Labute approximate surface area is 78.8 Å². The highest BCUT2D eigenvalue weighted by Crippen LogP contribution is 2.21. The lowest BCUT2D eigenvalue weighted by Gasteiger charge is -2.21. The molecule has 0 spiro atoms. The van der Waals surface area contributed by atoms with Crippen molar-refractivity contribution in [2.75, 3.05) is 13.2 Å². The third kappa shape index (κ3) is 2.99. The molecule has 1 aliphatic heterocycles. The Kier molecular flexibility index (Phi) is 2.83. The molecular formula is C10H17NO2. The smallest absolute Gasteiger partial charge is 0.220 e. The minimum atomic E-state index is 0.220. The average Bonchev–Trinajstić information content (AvgIpc) is 2.90. The lowest BCUT2D eigenvalue weighted by molar-refractivity contribution is -0.123. The van der Waals surface area contributed by atoms with Gasteiger partial charge in [-0.15, -0.1) is 0 Å². The average molecular weight is 183 g/mol. The Morgan fingerprint density at radius 2 is 2.23 bits per heavy atom. The molecule has 1 atom stereocenters. The normalized spacial score (nSPS) is 28.5. The van der Waals surface area contributed by atoms with Crippen LogP contribution in [0.4, 0.5) is 0 Å². The zero-order chi connectivity index (χ0) is 9.10. The van der Waals surface area contributed by atoms with E-state index in [-0.39, 0.29) is 5.91 Å². The molecule has 74 valence electrons. The van der Waals surface area contributed by atoms with Gasteiger partial charge in [0.25, 0.3) is 0 Å². The molecular weight excluding hydrogens is 166 g/mol. The molecule has 1 N–H and O–H groups in total. The summed E-state index contributed by atoms with van der Waals surface area (Å²) in [6.07, 6.45) is 5.27. The van der Waals surface area contributed by atoms with E-state index in [4.69, 9.17) is 4.74 Å². The summed E-state index contributed by atoms with van der Waals surface area (Å²) in [5.74, 6) is 0.686. The highest BCUT2D eigenvalue weighted by molar-refractivity contribution is 5.76. The SMILES string of the molecule is O=C(CC1CCCOC1)NC1CC1. The Bertz CT molecular complexity index is 183. The first-order chi connectivity index (χ1) is 6.34. The molecule has 2 rings (SSSR count). The first-order valence-corrected chi connectivity index (χ1v) is 5.21. The van der Waals surface area contributed by atoms with E-state index in [2.05, 4.69) is 5.32 Å². The summed E-state index contributed by atoms with van der Waals surface area (Å²) < 4.78 is 5.32. The van der Waals surface area contributed by atoms with E-state index < -0.39 is 0 Å². The van der Waals surface area contributed by atoms with Gasteiger partial charge in [-0.25, -0.2) is 0 Å². The Morgan fingerprint density at radius 1 is 1.38 bits per heavy atom. The van der Waals surface area contributed by atoms with Crippen molar-refractivity contribution in [3.63, 3.8) is 0 Å². The quantitative estimate of drug-likeness (QED) is 0.711. The second-order valence-electron chi connectivity index (χ2n) is 4.13. The predicted molar refractivity (Wildman–Crippen MR) is 49.3 cm³/mol. The van der Waals surface area contributed by atoms with Crippen molar-refractivity contribution in [2.24, 2.45) is 5.92 Å². The third-order valence-electron chi connectivity index (χ3n) is 2.67. The fourth-order valence-electron chi connectivity index (χ4n) is 1.74. The molecule has 1 saturated heterocycles. The predicted octanol–water partition coefficient (Wildman–Crippen LogP) is 1.08. The highest BCUT2D eigenvalue weighted by Gasteiger charge is 2.25. The van der Waals surface area contributed by atoms with Crippen molar-refractivity contribution >= 4 is 5.91 Å². The fourth-order valence-corrected chi connectivity index (χ4v) is 1.74. The molecule has 0 radical (unpaired) electrons. The highest BCUT2D eigenvalue weighted by atomic mass is 16.5. The zero-order valence-corrected chi connectivity index (χ0v) is 7.92. The van der Waals surface area contributed by atoms with Gasteiger partial charge in [-0.3, -0.25) is 4.79 Å². The summed E-state index contributed by atoms with van der Waals surface area (Å²) in [4.78, 5) is 11.4. The molecule has 1 saturated carbocycles. The second-order valence-corrected chi connectivity index (χ2v) is 4.13.